The van der Waals surface area contributed by atoms with Crippen LogP contribution in [0.5, 0.6) is 11.5 Å². The van der Waals surface area contributed by atoms with Gasteiger partial charge in [-0.3, -0.25) is 14.5 Å². The normalized spacial score (nSPS) is 17.6. The minimum Gasteiger partial charge on any atom is -0.493 e. The number of rotatable bonds is 10. The SMILES string of the molecule is COc1ccc(CCNC(=O)CSc2nnc(N3C(N)=C(C#N)C(c4ccccc4C)C4=C3CC(C)(C)CC4=O)s2)cc1OC. The van der Waals surface area contributed by atoms with E-state index >= 15 is 0 Å². The molecular weight excluding hydrogens is 609 g/mol. The zero-order valence-corrected chi connectivity index (χ0v) is 27.6. The number of methoxy groups -OCH3 is 2. The first-order chi connectivity index (χ1) is 21.6. The molecule has 10 nitrogen and oxygen atoms in total. The molecule has 12 heteroatoms. The first kappa shape index (κ1) is 32.1. The Morgan fingerprint density at radius 2 is 1.93 bits per heavy atom. The van der Waals surface area contributed by atoms with E-state index in [1.54, 1.807) is 19.1 Å². The van der Waals surface area contributed by atoms with E-state index in [9.17, 15) is 14.9 Å². The van der Waals surface area contributed by atoms with Gasteiger partial charge in [0.25, 0.3) is 0 Å². The molecule has 0 spiro atoms. The average molecular weight is 645 g/mol. The number of Topliss-reactive ketones (excluding diaryl/α,β-unsaturated/α-hetero) is 1. The number of aromatic nitrogens is 2. The van der Waals surface area contributed by atoms with E-state index in [0.717, 1.165) is 22.4 Å². The van der Waals surface area contributed by atoms with Crippen molar-refractivity contribution in [2.24, 2.45) is 11.1 Å². The van der Waals surface area contributed by atoms with Crippen molar-refractivity contribution in [1.29, 1.82) is 5.26 Å². The molecular formula is C33H36N6O4S2. The number of nitriles is 1. The Kier molecular flexibility index (Phi) is 9.51. The highest BCUT2D eigenvalue weighted by molar-refractivity contribution is 8.01. The monoisotopic (exact) mass is 644 g/mol. The molecule has 3 N–H and O–H groups in total. The summed E-state index contributed by atoms with van der Waals surface area (Å²) in [4.78, 5) is 28.1. The quantitative estimate of drug-likeness (QED) is 0.281. The fourth-order valence-corrected chi connectivity index (χ4v) is 7.57. The number of aryl methyl sites for hydroxylation is 1. The number of ketones is 1. The number of nitrogens with one attached hydrogen (secondary N) is 1. The number of nitrogens with two attached hydrogens (primary N) is 1. The maximum Gasteiger partial charge on any atom is 0.230 e. The second kappa shape index (κ2) is 13.3. The maximum atomic E-state index is 13.8. The van der Waals surface area contributed by atoms with Crippen LogP contribution in [0.2, 0.25) is 0 Å². The summed E-state index contributed by atoms with van der Waals surface area (Å²) in [6.45, 7) is 6.55. The van der Waals surface area contributed by atoms with Gasteiger partial charge in [0.1, 0.15) is 5.82 Å². The van der Waals surface area contributed by atoms with Crippen molar-refractivity contribution in [3.8, 4) is 17.6 Å². The Labute approximate surface area is 271 Å². The largest absolute Gasteiger partial charge is 0.493 e. The van der Waals surface area contributed by atoms with Gasteiger partial charge >= 0.3 is 0 Å². The second-order valence-electron chi connectivity index (χ2n) is 11.8. The first-order valence-electron chi connectivity index (χ1n) is 14.5. The van der Waals surface area contributed by atoms with Gasteiger partial charge in [0.15, 0.2) is 21.6 Å². The molecule has 1 aliphatic carbocycles. The van der Waals surface area contributed by atoms with Crippen molar-refractivity contribution in [3.05, 3.63) is 81.8 Å². The summed E-state index contributed by atoms with van der Waals surface area (Å²) in [5.41, 5.74) is 11.0. The zero-order valence-electron chi connectivity index (χ0n) is 26.0. The predicted molar refractivity (Wildman–Crippen MR) is 175 cm³/mol. The lowest BCUT2D eigenvalue weighted by molar-refractivity contribution is -0.119. The number of ether oxygens (including phenoxy) is 2. The zero-order chi connectivity index (χ0) is 32.3. The summed E-state index contributed by atoms with van der Waals surface area (Å²) in [6, 6.07) is 15.8. The summed E-state index contributed by atoms with van der Waals surface area (Å²) >= 11 is 2.55. The highest BCUT2D eigenvalue weighted by atomic mass is 32.2. The van der Waals surface area contributed by atoms with Crippen LogP contribution in [-0.2, 0) is 16.0 Å². The van der Waals surface area contributed by atoms with Gasteiger partial charge < -0.3 is 20.5 Å². The number of carbonyl (C=O) groups excluding carboxylic acids is 2. The fraction of sp³-hybridized carbons (Fsp3) is 0.364. The van der Waals surface area contributed by atoms with Crippen molar-refractivity contribution in [2.75, 3.05) is 31.4 Å². The van der Waals surface area contributed by atoms with E-state index in [-0.39, 0.29) is 28.7 Å². The number of anilines is 1. The summed E-state index contributed by atoms with van der Waals surface area (Å²) in [7, 11) is 3.18. The first-order valence-corrected chi connectivity index (χ1v) is 16.3. The number of hydrogen-bond donors (Lipinski definition) is 2. The number of nitrogens with zero attached hydrogens (tertiary/aromatic N) is 4. The van der Waals surface area contributed by atoms with Gasteiger partial charge in [-0.1, -0.05) is 67.3 Å². The summed E-state index contributed by atoms with van der Waals surface area (Å²) in [5, 5.41) is 22.4. The minimum absolute atomic E-state index is 0.00335. The van der Waals surface area contributed by atoms with Crippen LogP contribution < -0.4 is 25.4 Å². The van der Waals surface area contributed by atoms with E-state index in [4.69, 9.17) is 15.2 Å². The van der Waals surface area contributed by atoms with Crippen LogP contribution in [0.15, 0.2) is 69.5 Å². The van der Waals surface area contributed by atoms with Crippen LogP contribution in [0.25, 0.3) is 0 Å². The van der Waals surface area contributed by atoms with Gasteiger partial charge in [0.2, 0.25) is 11.0 Å². The molecule has 1 aliphatic heterocycles. The van der Waals surface area contributed by atoms with E-state index in [1.165, 1.54) is 23.1 Å². The molecule has 1 amide bonds. The maximum absolute atomic E-state index is 13.8. The third kappa shape index (κ3) is 6.70. The molecule has 3 aromatic rings. The van der Waals surface area contributed by atoms with Crippen LogP contribution in [0.1, 0.15) is 49.3 Å². The van der Waals surface area contributed by atoms with E-state index in [2.05, 4.69) is 35.4 Å². The molecule has 0 fully saturated rings. The lowest BCUT2D eigenvalue weighted by atomic mass is 9.68. The minimum atomic E-state index is -0.546. The Hall–Kier alpha value is -4.34. The standard InChI is InChI=1S/C33H36N6O4S2/c1-19-8-6-7-9-21(19)28-22(17-34)30(35)39(23-15-33(2,3)16-24(40)29(23)28)31-37-38-32(45-31)44-18-27(41)36-13-12-20-10-11-25(42-4)26(14-20)43-5/h6-11,14,28H,12-13,15-16,18,35H2,1-5H3,(H,36,41). The Balaban J connectivity index is 1.33. The third-order valence-corrected chi connectivity index (χ3v) is 10.0. The van der Waals surface area contributed by atoms with Crippen molar-refractivity contribution < 1.29 is 19.1 Å². The summed E-state index contributed by atoms with van der Waals surface area (Å²) in [5.74, 6) is 1.03. The second-order valence-corrected chi connectivity index (χ2v) is 13.9. The van der Waals surface area contributed by atoms with Gasteiger partial charge in [-0.05, 0) is 54.0 Å². The highest BCUT2D eigenvalue weighted by Gasteiger charge is 2.45. The van der Waals surface area contributed by atoms with Crippen molar-refractivity contribution in [1.82, 2.24) is 15.5 Å². The van der Waals surface area contributed by atoms with Gasteiger partial charge in [-0.25, -0.2) is 0 Å². The predicted octanol–water partition coefficient (Wildman–Crippen LogP) is 5.26. The van der Waals surface area contributed by atoms with Gasteiger partial charge in [0.05, 0.1) is 37.5 Å². The molecule has 2 heterocycles. The van der Waals surface area contributed by atoms with E-state index in [1.807, 2.05) is 49.4 Å². The molecule has 2 aromatic carbocycles. The molecule has 0 saturated heterocycles. The molecule has 1 atom stereocenters. The van der Waals surface area contributed by atoms with E-state index in [0.29, 0.717) is 57.9 Å². The molecule has 0 radical (unpaired) electrons. The molecule has 234 valence electrons. The van der Waals surface area contributed by atoms with Gasteiger partial charge in [-0.15, -0.1) is 10.2 Å². The Morgan fingerprint density at radius 1 is 1.18 bits per heavy atom. The molecule has 45 heavy (non-hydrogen) atoms. The van der Waals surface area contributed by atoms with Crippen LogP contribution in [-0.4, -0.2) is 48.4 Å². The number of benzene rings is 2. The number of amides is 1. The molecule has 1 aromatic heterocycles. The van der Waals surface area contributed by atoms with Crippen LogP contribution in [0.3, 0.4) is 0 Å². The molecule has 5 rings (SSSR count). The lowest BCUT2D eigenvalue weighted by Crippen LogP contribution is -2.42. The third-order valence-electron chi connectivity index (χ3n) is 7.98. The average Bonchev–Trinajstić information content (AvgIpc) is 3.47. The number of allylic oxidation sites excluding steroid dienone is 3. The lowest BCUT2D eigenvalue weighted by Gasteiger charge is -2.42. The summed E-state index contributed by atoms with van der Waals surface area (Å²) in [6.07, 6.45) is 1.59. The van der Waals surface area contributed by atoms with Crippen molar-refractivity contribution in [3.63, 3.8) is 0 Å². The number of thioether (sulfide) groups is 1. The van der Waals surface area contributed by atoms with Gasteiger partial charge in [-0.2, -0.15) is 5.26 Å². The number of carbonyl (C=O) groups is 2. The van der Waals surface area contributed by atoms with Crippen LogP contribution in [0.4, 0.5) is 5.13 Å². The van der Waals surface area contributed by atoms with Crippen LogP contribution in [0, 0.1) is 23.7 Å². The molecule has 1 unspecified atom stereocenters. The summed E-state index contributed by atoms with van der Waals surface area (Å²) < 4.78 is 11.2. The molecule has 0 bridgehead atoms. The van der Waals surface area contributed by atoms with Crippen molar-refractivity contribution in [2.45, 2.75) is 50.3 Å². The van der Waals surface area contributed by atoms with Crippen LogP contribution >= 0.6 is 23.1 Å². The van der Waals surface area contributed by atoms with Gasteiger partial charge in [0, 0.05) is 24.2 Å². The number of hydrogen-bond acceptors (Lipinski definition) is 11. The topological polar surface area (TPSA) is 143 Å². The fourth-order valence-electron chi connectivity index (χ4n) is 5.86. The molecule has 2 aliphatic rings. The van der Waals surface area contributed by atoms with Crippen molar-refractivity contribution >= 4 is 39.9 Å². The smallest absolute Gasteiger partial charge is 0.230 e. The molecule has 0 saturated carbocycles. The Morgan fingerprint density at radius 3 is 2.64 bits per heavy atom. The van der Waals surface area contributed by atoms with E-state index < -0.39 is 5.92 Å². The Bertz CT molecular complexity index is 1740. The highest BCUT2D eigenvalue weighted by Crippen LogP contribution is 2.51.